The van der Waals surface area contributed by atoms with Gasteiger partial charge in [-0.05, 0) is 53.4 Å². The first-order chi connectivity index (χ1) is 26.2. The molecule has 6 aromatic carbocycles. The minimum Gasteiger partial charge on any atom is -0.398 e. The SMILES string of the molecule is Nc1ccccc1/C(=N\Cn1c2ccccc2c2cc3c4ccc5c6c(sc5c4n(-c4ccccc4)c3cc21)C=CC1C=CC=CC61)c1ccccc1. The highest BCUT2D eigenvalue weighted by atomic mass is 32.1. The van der Waals surface area contributed by atoms with Crippen LogP contribution >= 0.6 is 11.3 Å². The van der Waals surface area contributed by atoms with Gasteiger partial charge in [0.1, 0.15) is 6.67 Å². The lowest BCUT2D eigenvalue weighted by Gasteiger charge is -2.25. The van der Waals surface area contributed by atoms with Gasteiger partial charge in [0.05, 0.1) is 32.5 Å². The van der Waals surface area contributed by atoms with E-state index in [2.05, 4.69) is 155 Å². The number of anilines is 1. The number of rotatable bonds is 5. The molecule has 5 heteroatoms. The molecule has 9 aromatic rings. The predicted octanol–water partition coefficient (Wildman–Crippen LogP) is 12.0. The number of nitrogens with zero attached hydrogens (tertiary/aromatic N) is 3. The zero-order valence-corrected chi connectivity index (χ0v) is 29.7. The standard InChI is InChI=1S/C48H34N4S/c49-40-21-11-9-20-36(40)46(31-14-3-1-4-15-31)50-29-51-41-22-12-10-19-34(41)38-27-39-35-24-25-37-45-33-18-8-7-13-30(33)23-26-44(45)53-48(37)47(35)52(43(39)28-42(38)51)32-16-5-2-6-17-32/h1-28,30,33H,29,49H2/b50-46-. The third-order valence-corrected chi connectivity index (χ3v) is 12.4. The summed E-state index contributed by atoms with van der Waals surface area (Å²) < 4.78 is 6.21. The van der Waals surface area contributed by atoms with Gasteiger partial charge in [-0.25, -0.2) is 0 Å². The Morgan fingerprint density at radius 3 is 2.25 bits per heavy atom. The Morgan fingerprint density at radius 1 is 0.642 bits per heavy atom. The van der Waals surface area contributed by atoms with Crippen LogP contribution in [0.2, 0.25) is 0 Å². The van der Waals surface area contributed by atoms with Crippen LogP contribution in [0.5, 0.6) is 0 Å². The fourth-order valence-corrected chi connectivity index (χ4v) is 10.1. The molecule has 0 aliphatic heterocycles. The van der Waals surface area contributed by atoms with E-state index in [0.29, 0.717) is 18.5 Å². The molecular formula is C48H34N4S. The molecule has 3 heterocycles. The van der Waals surface area contributed by atoms with Gasteiger partial charge in [0.2, 0.25) is 0 Å². The molecule has 0 saturated heterocycles. The second kappa shape index (κ2) is 11.8. The first-order valence-corrected chi connectivity index (χ1v) is 19.0. The summed E-state index contributed by atoms with van der Waals surface area (Å²) in [6.07, 6.45) is 13.8. The normalized spacial score (nSPS) is 16.7. The van der Waals surface area contributed by atoms with E-state index in [1.165, 1.54) is 53.1 Å². The van der Waals surface area contributed by atoms with Crippen LogP contribution in [0.15, 0.2) is 169 Å². The van der Waals surface area contributed by atoms with Crippen molar-refractivity contribution in [1.29, 1.82) is 0 Å². The zero-order valence-electron chi connectivity index (χ0n) is 28.9. The van der Waals surface area contributed by atoms with Gasteiger partial charge in [0.15, 0.2) is 0 Å². The van der Waals surface area contributed by atoms with Crippen molar-refractivity contribution in [3.63, 3.8) is 0 Å². The van der Waals surface area contributed by atoms with E-state index in [9.17, 15) is 0 Å². The highest BCUT2D eigenvalue weighted by molar-refractivity contribution is 7.21. The number of para-hydroxylation sites is 3. The minimum absolute atomic E-state index is 0.363. The number of hydrogen-bond acceptors (Lipinski definition) is 3. The Hall–Kier alpha value is -6.43. The van der Waals surface area contributed by atoms with Crippen molar-refractivity contribution in [2.75, 3.05) is 5.73 Å². The highest BCUT2D eigenvalue weighted by Gasteiger charge is 2.29. The van der Waals surface area contributed by atoms with Gasteiger partial charge in [0.25, 0.3) is 0 Å². The topological polar surface area (TPSA) is 48.2 Å². The Balaban J connectivity index is 1.19. The van der Waals surface area contributed by atoms with Gasteiger partial charge in [-0.1, -0.05) is 127 Å². The summed E-state index contributed by atoms with van der Waals surface area (Å²) in [5, 5.41) is 6.34. The van der Waals surface area contributed by atoms with E-state index in [-0.39, 0.29) is 0 Å². The molecule has 252 valence electrons. The number of thiophene rings is 1. The number of aliphatic imine (C=N–C) groups is 1. The van der Waals surface area contributed by atoms with Crippen LogP contribution in [-0.2, 0) is 6.67 Å². The molecule has 53 heavy (non-hydrogen) atoms. The van der Waals surface area contributed by atoms with Crippen molar-refractivity contribution in [2.24, 2.45) is 10.9 Å². The lowest BCUT2D eigenvalue weighted by atomic mass is 9.78. The first kappa shape index (κ1) is 30.2. The van der Waals surface area contributed by atoms with E-state index >= 15 is 0 Å². The Labute approximate surface area is 310 Å². The lowest BCUT2D eigenvalue weighted by Crippen LogP contribution is -2.11. The fraction of sp³-hybridized carbons (Fsp3) is 0.0625. The maximum atomic E-state index is 6.56. The van der Waals surface area contributed by atoms with Gasteiger partial charge in [-0.15, -0.1) is 11.3 Å². The molecule has 3 aromatic heterocycles. The molecule has 0 amide bonds. The summed E-state index contributed by atoms with van der Waals surface area (Å²) in [6.45, 7) is 0.443. The van der Waals surface area contributed by atoms with Crippen molar-refractivity contribution < 1.29 is 0 Å². The number of allylic oxidation sites excluding steroid dienone is 5. The molecule has 0 spiro atoms. The smallest absolute Gasteiger partial charge is 0.115 e. The molecule has 2 unspecified atom stereocenters. The molecule has 0 bridgehead atoms. The van der Waals surface area contributed by atoms with Crippen LogP contribution in [0.1, 0.15) is 27.5 Å². The van der Waals surface area contributed by atoms with E-state index in [0.717, 1.165) is 39.2 Å². The maximum absolute atomic E-state index is 6.56. The number of aromatic nitrogens is 2. The van der Waals surface area contributed by atoms with Crippen molar-refractivity contribution in [3.8, 4) is 5.69 Å². The molecule has 4 nitrogen and oxygen atoms in total. The van der Waals surface area contributed by atoms with Crippen molar-refractivity contribution >= 4 is 82.5 Å². The van der Waals surface area contributed by atoms with E-state index < -0.39 is 0 Å². The van der Waals surface area contributed by atoms with E-state index in [4.69, 9.17) is 10.7 Å². The molecule has 0 radical (unpaired) electrons. The lowest BCUT2D eigenvalue weighted by molar-refractivity contribution is 0.700. The highest BCUT2D eigenvalue weighted by Crippen LogP contribution is 2.49. The number of nitrogen functional groups attached to an aromatic ring is 1. The third-order valence-electron chi connectivity index (χ3n) is 11.2. The molecule has 2 atom stereocenters. The average molecular weight is 699 g/mol. The monoisotopic (exact) mass is 698 g/mol. The molecule has 2 aliphatic rings. The van der Waals surface area contributed by atoms with Crippen molar-refractivity contribution in [1.82, 2.24) is 9.13 Å². The van der Waals surface area contributed by atoms with Crippen LogP contribution < -0.4 is 5.73 Å². The fourth-order valence-electron chi connectivity index (χ4n) is 8.77. The second-order valence-electron chi connectivity index (χ2n) is 14.1. The molecule has 11 rings (SSSR count). The third kappa shape index (κ3) is 4.57. The largest absolute Gasteiger partial charge is 0.398 e. The predicted molar refractivity (Wildman–Crippen MR) is 226 cm³/mol. The Bertz CT molecular complexity index is 3040. The summed E-state index contributed by atoms with van der Waals surface area (Å²) in [5.74, 6) is 0.764. The number of nitrogens with two attached hydrogens (primary N) is 1. The summed E-state index contributed by atoms with van der Waals surface area (Å²) in [7, 11) is 0. The molecule has 2 aliphatic carbocycles. The van der Waals surface area contributed by atoms with Crippen LogP contribution in [-0.4, -0.2) is 14.8 Å². The van der Waals surface area contributed by atoms with Crippen LogP contribution in [0, 0.1) is 5.92 Å². The number of hydrogen-bond donors (Lipinski definition) is 1. The van der Waals surface area contributed by atoms with Crippen LogP contribution in [0.25, 0.3) is 65.5 Å². The maximum Gasteiger partial charge on any atom is 0.115 e. The minimum atomic E-state index is 0.363. The van der Waals surface area contributed by atoms with Crippen molar-refractivity contribution in [2.45, 2.75) is 12.6 Å². The summed E-state index contributed by atoms with van der Waals surface area (Å²) in [5.41, 5.74) is 17.5. The van der Waals surface area contributed by atoms with E-state index in [1.807, 2.05) is 35.6 Å². The van der Waals surface area contributed by atoms with Crippen LogP contribution in [0.4, 0.5) is 5.69 Å². The van der Waals surface area contributed by atoms with E-state index in [1.54, 1.807) is 0 Å². The zero-order chi connectivity index (χ0) is 35.0. The Kier molecular flexibility index (Phi) is 6.73. The van der Waals surface area contributed by atoms with Gasteiger partial charge >= 0.3 is 0 Å². The van der Waals surface area contributed by atoms with Gasteiger partial charge in [-0.2, -0.15) is 0 Å². The molecule has 2 N–H and O–H groups in total. The second-order valence-corrected chi connectivity index (χ2v) is 15.1. The van der Waals surface area contributed by atoms with Crippen LogP contribution in [0.3, 0.4) is 0 Å². The first-order valence-electron chi connectivity index (χ1n) is 18.2. The molecule has 0 saturated carbocycles. The quantitative estimate of drug-likeness (QED) is 0.141. The van der Waals surface area contributed by atoms with Gasteiger partial charge < -0.3 is 14.9 Å². The summed E-state index contributed by atoms with van der Waals surface area (Å²) >= 11 is 1.93. The summed E-state index contributed by atoms with van der Waals surface area (Å²) in [4.78, 5) is 6.73. The van der Waals surface area contributed by atoms with Gasteiger partial charge in [-0.3, -0.25) is 4.99 Å². The summed E-state index contributed by atoms with van der Waals surface area (Å²) in [6, 6.07) is 47.5. The number of benzene rings is 6. The average Bonchev–Trinajstić information content (AvgIpc) is 3.86. The Morgan fingerprint density at radius 2 is 1.38 bits per heavy atom. The molecular weight excluding hydrogens is 665 g/mol. The van der Waals surface area contributed by atoms with Gasteiger partial charge in [0, 0.05) is 60.8 Å². The van der Waals surface area contributed by atoms with Crippen molar-refractivity contribution in [3.05, 3.63) is 185 Å². The molecule has 0 fully saturated rings. The number of fused-ring (bicyclic) bond motifs is 12.